The van der Waals surface area contributed by atoms with Crippen molar-refractivity contribution in [3.63, 3.8) is 0 Å². The van der Waals surface area contributed by atoms with Crippen molar-refractivity contribution >= 4 is 34.4 Å². The van der Waals surface area contributed by atoms with E-state index in [1.165, 1.54) is 11.0 Å². The number of benzene rings is 2. The summed E-state index contributed by atoms with van der Waals surface area (Å²) in [4.78, 5) is 54.6. The zero-order chi connectivity index (χ0) is 25.9. The van der Waals surface area contributed by atoms with E-state index < -0.39 is 11.9 Å². The molecule has 1 atom stereocenters. The first-order valence-corrected chi connectivity index (χ1v) is 12.8. The van der Waals surface area contributed by atoms with Crippen LogP contribution in [0.1, 0.15) is 62.4 Å². The maximum absolute atomic E-state index is 13.6. The summed E-state index contributed by atoms with van der Waals surface area (Å²) in [7, 11) is 0. The van der Waals surface area contributed by atoms with Crippen LogP contribution in [0.4, 0.5) is 5.69 Å². The molecule has 3 aromatic rings. The van der Waals surface area contributed by atoms with Crippen LogP contribution in [0.5, 0.6) is 5.75 Å². The van der Waals surface area contributed by atoms with Gasteiger partial charge >= 0.3 is 5.97 Å². The number of aromatic nitrogens is 2. The van der Waals surface area contributed by atoms with E-state index in [9.17, 15) is 19.2 Å². The number of hydrogen-bond donors (Lipinski definition) is 2. The van der Waals surface area contributed by atoms with Crippen LogP contribution in [0.25, 0.3) is 10.9 Å². The Hall–Kier alpha value is -4.01. The molecule has 9 heteroatoms. The highest BCUT2D eigenvalue weighted by Crippen LogP contribution is 2.27. The molecule has 2 heterocycles. The van der Waals surface area contributed by atoms with Crippen LogP contribution in [0, 0.1) is 12.8 Å². The number of rotatable bonds is 6. The van der Waals surface area contributed by atoms with E-state index in [4.69, 9.17) is 4.74 Å². The number of ether oxygens (including phenoxy) is 1. The Balaban J connectivity index is 1.33. The minimum atomic E-state index is -0.779. The molecule has 1 saturated heterocycles. The van der Waals surface area contributed by atoms with Gasteiger partial charge in [-0.15, -0.1) is 0 Å². The number of carbonyl (C=O) groups is 3. The van der Waals surface area contributed by atoms with Crippen molar-refractivity contribution in [2.45, 2.75) is 64.5 Å². The van der Waals surface area contributed by atoms with Crippen molar-refractivity contribution in [2.75, 3.05) is 5.32 Å². The normalized spacial score (nSPS) is 18.5. The van der Waals surface area contributed by atoms with Gasteiger partial charge in [-0.05, 0) is 56.0 Å². The number of amides is 2. The van der Waals surface area contributed by atoms with Crippen LogP contribution in [0.2, 0.25) is 0 Å². The van der Waals surface area contributed by atoms with Crippen LogP contribution in [-0.2, 0) is 20.9 Å². The van der Waals surface area contributed by atoms with Gasteiger partial charge in [0.05, 0.1) is 16.8 Å². The molecular weight excluding hydrogens is 472 g/mol. The summed E-state index contributed by atoms with van der Waals surface area (Å²) < 4.78 is 6.96. The third kappa shape index (κ3) is 5.26. The van der Waals surface area contributed by atoms with Gasteiger partial charge in [0.2, 0.25) is 11.8 Å². The molecule has 192 valence electrons. The summed E-state index contributed by atoms with van der Waals surface area (Å²) >= 11 is 0. The Labute approximate surface area is 214 Å². The fraction of sp³-hybridized carbons (Fsp3) is 0.393. The van der Waals surface area contributed by atoms with Crippen molar-refractivity contribution in [1.82, 2.24) is 14.9 Å². The van der Waals surface area contributed by atoms with E-state index >= 15 is 0 Å². The van der Waals surface area contributed by atoms with Crippen molar-refractivity contribution in [2.24, 2.45) is 5.92 Å². The number of piperidine rings is 1. The van der Waals surface area contributed by atoms with Crippen LogP contribution in [0.3, 0.4) is 0 Å². The predicted octanol–water partition coefficient (Wildman–Crippen LogP) is 3.78. The molecule has 2 amide bonds. The lowest BCUT2D eigenvalue weighted by atomic mass is 9.89. The lowest BCUT2D eigenvalue weighted by molar-refractivity contribution is -0.140. The number of aryl methyl sites for hydroxylation is 1. The molecule has 1 saturated carbocycles. The number of anilines is 1. The molecule has 2 fully saturated rings. The molecule has 2 aromatic carbocycles. The second-order valence-electron chi connectivity index (χ2n) is 9.75. The highest BCUT2D eigenvalue weighted by Gasteiger charge is 2.31. The largest absolute Gasteiger partial charge is 0.426 e. The maximum atomic E-state index is 13.6. The molecule has 1 aromatic heterocycles. The molecule has 1 unspecified atom stereocenters. The summed E-state index contributed by atoms with van der Waals surface area (Å²) in [5.41, 5.74) is 1.75. The third-order valence-corrected chi connectivity index (χ3v) is 7.19. The topological polar surface area (TPSA) is 119 Å². The molecule has 37 heavy (non-hydrogen) atoms. The van der Waals surface area contributed by atoms with Gasteiger partial charge in [-0.2, -0.15) is 0 Å². The zero-order valence-corrected chi connectivity index (χ0v) is 20.8. The number of nitrogens with one attached hydrogen (secondary N) is 2. The fourth-order valence-electron chi connectivity index (χ4n) is 5.21. The lowest BCUT2D eigenvalue weighted by Gasteiger charge is -2.24. The van der Waals surface area contributed by atoms with E-state index in [-0.39, 0.29) is 36.2 Å². The van der Waals surface area contributed by atoms with Crippen molar-refractivity contribution in [1.29, 1.82) is 0 Å². The Morgan fingerprint density at radius 3 is 2.54 bits per heavy atom. The molecule has 2 N–H and O–H groups in total. The predicted molar refractivity (Wildman–Crippen MR) is 138 cm³/mol. The minimum Gasteiger partial charge on any atom is -0.426 e. The van der Waals surface area contributed by atoms with Crippen LogP contribution in [0.15, 0.2) is 47.3 Å². The van der Waals surface area contributed by atoms with Gasteiger partial charge in [0, 0.05) is 18.7 Å². The average molecular weight is 503 g/mol. The van der Waals surface area contributed by atoms with E-state index in [1.54, 1.807) is 31.2 Å². The first-order valence-electron chi connectivity index (χ1n) is 12.8. The van der Waals surface area contributed by atoms with Gasteiger partial charge in [0.1, 0.15) is 17.6 Å². The number of hydrogen-bond acceptors (Lipinski definition) is 7. The third-order valence-electron chi connectivity index (χ3n) is 7.19. The standard InChI is InChI=1S/C28H30N4O5/c1-17-30-22-9-5-8-21(25(22)27(35)32(17)23-14-15-24(33)31-26(23)34)29-16-18-10-12-20(13-11-18)37-28(36)19-6-3-2-4-7-19/h5,8-13,19,23,29H,2-4,6-7,14-16H2,1H3,(H,31,33,34). The van der Waals surface area contributed by atoms with Gasteiger partial charge < -0.3 is 10.1 Å². The smallest absolute Gasteiger partial charge is 0.314 e. The van der Waals surface area contributed by atoms with E-state index in [1.807, 2.05) is 18.2 Å². The second-order valence-corrected chi connectivity index (χ2v) is 9.75. The van der Waals surface area contributed by atoms with Gasteiger partial charge in [0.25, 0.3) is 5.56 Å². The molecule has 1 aliphatic heterocycles. The number of fused-ring (bicyclic) bond motifs is 1. The van der Waals surface area contributed by atoms with Gasteiger partial charge in [0.15, 0.2) is 0 Å². The Morgan fingerprint density at radius 2 is 1.81 bits per heavy atom. The lowest BCUT2D eigenvalue weighted by Crippen LogP contribution is -2.45. The number of carbonyl (C=O) groups excluding carboxylic acids is 3. The molecule has 2 aliphatic rings. The second kappa shape index (κ2) is 10.5. The minimum absolute atomic E-state index is 0.0112. The zero-order valence-electron chi connectivity index (χ0n) is 20.8. The van der Waals surface area contributed by atoms with Crippen molar-refractivity contribution in [3.05, 3.63) is 64.2 Å². The number of imide groups is 1. The van der Waals surface area contributed by atoms with Gasteiger partial charge in [-0.25, -0.2) is 4.98 Å². The molecule has 9 nitrogen and oxygen atoms in total. The van der Waals surface area contributed by atoms with E-state index in [0.717, 1.165) is 31.2 Å². The Kier molecular flexibility index (Phi) is 7.03. The van der Waals surface area contributed by atoms with E-state index in [0.29, 0.717) is 34.7 Å². The summed E-state index contributed by atoms with van der Waals surface area (Å²) in [6.07, 6.45) is 5.55. The first-order chi connectivity index (χ1) is 17.9. The first kappa shape index (κ1) is 24.7. The molecule has 5 rings (SSSR count). The Bertz CT molecular complexity index is 1410. The Morgan fingerprint density at radius 1 is 1.05 bits per heavy atom. The number of nitrogens with zero attached hydrogens (tertiary/aromatic N) is 2. The van der Waals surface area contributed by atoms with Crippen LogP contribution < -0.4 is 20.9 Å². The summed E-state index contributed by atoms with van der Waals surface area (Å²) in [6.45, 7) is 2.12. The van der Waals surface area contributed by atoms with Crippen LogP contribution >= 0.6 is 0 Å². The summed E-state index contributed by atoms with van der Waals surface area (Å²) in [6, 6.07) is 11.9. The highest BCUT2D eigenvalue weighted by atomic mass is 16.5. The monoisotopic (exact) mass is 502 g/mol. The molecule has 0 radical (unpaired) electrons. The van der Waals surface area contributed by atoms with E-state index in [2.05, 4.69) is 15.6 Å². The highest BCUT2D eigenvalue weighted by molar-refractivity contribution is 5.99. The maximum Gasteiger partial charge on any atom is 0.314 e. The van der Waals surface area contributed by atoms with Crippen molar-refractivity contribution in [3.8, 4) is 5.75 Å². The van der Waals surface area contributed by atoms with Gasteiger partial charge in [-0.3, -0.25) is 29.1 Å². The van der Waals surface area contributed by atoms with Gasteiger partial charge in [-0.1, -0.05) is 37.5 Å². The molecule has 0 bridgehead atoms. The average Bonchev–Trinajstić information content (AvgIpc) is 2.89. The fourth-order valence-corrected chi connectivity index (χ4v) is 5.21. The van der Waals surface area contributed by atoms with Crippen LogP contribution in [-0.4, -0.2) is 27.3 Å². The number of esters is 1. The molecule has 0 spiro atoms. The molecule has 1 aliphatic carbocycles. The SMILES string of the molecule is Cc1nc2cccc(NCc3ccc(OC(=O)C4CCCCC4)cc3)c2c(=O)n1C1CCC(=O)NC1=O. The quantitative estimate of drug-likeness (QED) is 0.299. The molecular formula is C28H30N4O5. The van der Waals surface area contributed by atoms with Crippen molar-refractivity contribution < 1.29 is 19.1 Å². The summed E-state index contributed by atoms with van der Waals surface area (Å²) in [5, 5.41) is 6.01. The summed E-state index contributed by atoms with van der Waals surface area (Å²) in [5.74, 6) is -0.0479.